The third kappa shape index (κ3) is 10.0. The second-order valence-corrected chi connectivity index (χ2v) is 7.04. The Morgan fingerprint density at radius 2 is 1.84 bits per heavy atom. The Kier molecular flexibility index (Phi) is 12.7. The van der Waals surface area contributed by atoms with Gasteiger partial charge >= 0.3 is 6.01 Å². The van der Waals surface area contributed by atoms with Crippen molar-refractivity contribution in [3.8, 4) is 6.01 Å². The molecule has 0 aliphatic rings. The average Bonchev–Trinajstić information content (AvgIpc) is 2.82. The van der Waals surface area contributed by atoms with Crippen LogP contribution in [-0.2, 0) is 16.0 Å². The Labute approximate surface area is 191 Å². The average molecular weight is 445 g/mol. The van der Waals surface area contributed by atoms with Crippen molar-refractivity contribution in [1.29, 1.82) is 0 Å². The van der Waals surface area contributed by atoms with Gasteiger partial charge in [-0.05, 0) is 12.0 Å². The summed E-state index contributed by atoms with van der Waals surface area (Å²) < 4.78 is 16.5. The van der Waals surface area contributed by atoms with Gasteiger partial charge in [-0.1, -0.05) is 56.3 Å². The molecule has 1 aromatic heterocycles. The number of hydrogen-bond donors (Lipinski definition) is 2. The summed E-state index contributed by atoms with van der Waals surface area (Å²) in [5.41, 5.74) is 6.58. The van der Waals surface area contributed by atoms with E-state index in [2.05, 4.69) is 50.8 Å². The maximum atomic E-state index is 5.62. The van der Waals surface area contributed by atoms with E-state index in [1.165, 1.54) is 5.56 Å². The fraction of sp³-hybridized carbons (Fsp3) is 0.522. The molecule has 176 valence electrons. The fourth-order valence-corrected chi connectivity index (χ4v) is 2.81. The Hall–Kier alpha value is -2.75. The minimum atomic E-state index is 0.267. The molecule has 2 rings (SSSR count). The van der Waals surface area contributed by atoms with Gasteiger partial charge < -0.3 is 30.2 Å². The second kappa shape index (κ2) is 16.0. The van der Waals surface area contributed by atoms with Crippen LogP contribution in [0.5, 0.6) is 6.01 Å². The molecule has 0 radical (unpaired) electrons. The summed E-state index contributed by atoms with van der Waals surface area (Å²) >= 11 is 0. The van der Waals surface area contributed by atoms with E-state index in [0.717, 1.165) is 19.4 Å². The van der Waals surface area contributed by atoms with Crippen molar-refractivity contribution in [3.05, 3.63) is 48.6 Å². The molecule has 0 amide bonds. The van der Waals surface area contributed by atoms with Crippen molar-refractivity contribution < 1.29 is 14.2 Å². The van der Waals surface area contributed by atoms with Crippen LogP contribution >= 0.6 is 0 Å². The number of anilines is 2. The van der Waals surface area contributed by atoms with Gasteiger partial charge in [0, 0.05) is 26.2 Å². The Morgan fingerprint density at radius 1 is 1.06 bits per heavy atom. The third-order valence-electron chi connectivity index (χ3n) is 4.38. The standard InChI is InChI=1S/C23H36N6O3/c1-3-5-13-29(19-20-9-7-6-8-10-20)22-26-21(27-23(28-22)32-14-4-2)25-12-16-31-18-17-30-15-11-24/h4,6-10H,2-3,5,11-19,24H2,1H3,(H,25,26,27,28). The lowest BCUT2D eigenvalue weighted by Gasteiger charge is -2.23. The van der Waals surface area contributed by atoms with E-state index in [9.17, 15) is 0 Å². The van der Waals surface area contributed by atoms with E-state index in [-0.39, 0.29) is 6.01 Å². The molecule has 2 aromatic rings. The van der Waals surface area contributed by atoms with Gasteiger partial charge in [0.2, 0.25) is 11.9 Å². The van der Waals surface area contributed by atoms with Gasteiger partial charge in [-0.25, -0.2) is 0 Å². The molecule has 0 aliphatic carbocycles. The molecule has 0 saturated heterocycles. The van der Waals surface area contributed by atoms with Crippen LogP contribution in [0.2, 0.25) is 0 Å². The van der Waals surface area contributed by atoms with Crippen LogP contribution in [0, 0.1) is 0 Å². The SMILES string of the molecule is C=CCOc1nc(NCCOCCOCCN)nc(N(CCCC)Cc2ccccc2)n1. The van der Waals surface area contributed by atoms with Crippen molar-refractivity contribution in [2.24, 2.45) is 5.73 Å². The first kappa shape index (κ1) is 25.5. The summed E-state index contributed by atoms with van der Waals surface area (Å²) in [5.74, 6) is 1.03. The maximum absolute atomic E-state index is 5.62. The Balaban J connectivity index is 2.04. The zero-order valence-electron chi connectivity index (χ0n) is 19.0. The number of nitrogens with two attached hydrogens (primary N) is 1. The van der Waals surface area contributed by atoms with E-state index < -0.39 is 0 Å². The predicted octanol–water partition coefficient (Wildman–Crippen LogP) is 2.65. The summed E-state index contributed by atoms with van der Waals surface area (Å²) in [6.45, 7) is 10.9. The van der Waals surface area contributed by atoms with Crippen molar-refractivity contribution in [1.82, 2.24) is 15.0 Å². The van der Waals surface area contributed by atoms with Gasteiger partial charge in [0.25, 0.3) is 0 Å². The number of unbranched alkanes of at least 4 members (excludes halogenated alkanes) is 1. The largest absolute Gasteiger partial charge is 0.459 e. The molecule has 1 heterocycles. The number of benzene rings is 1. The van der Waals surface area contributed by atoms with Crippen molar-refractivity contribution in [2.75, 3.05) is 62.9 Å². The van der Waals surface area contributed by atoms with Crippen LogP contribution in [0.3, 0.4) is 0 Å². The van der Waals surface area contributed by atoms with Gasteiger partial charge in [-0.15, -0.1) is 0 Å². The molecule has 0 bridgehead atoms. The number of hydrogen-bond acceptors (Lipinski definition) is 9. The minimum absolute atomic E-state index is 0.267. The molecular weight excluding hydrogens is 408 g/mol. The summed E-state index contributed by atoms with van der Waals surface area (Å²) in [6.07, 6.45) is 3.77. The molecule has 9 nitrogen and oxygen atoms in total. The Bertz CT molecular complexity index is 763. The highest BCUT2D eigenvalue weighted by Crippen LogP contribution is 2.18. The molecular formula is C23H36N6O3. The zero-order valence-corrected chi connectivity index (χ0v) is 19.0. The van der Waals surface area contributed by atoms with Gasteiger partial charge in [0.15, 0.2) is 0 Å². The van der Waals surface area contributed by atoms with Gasteiger partial charge in [0.05, 0.1) is 26.4 Å². The summed E-state index contributed by atoms with van der Waals surface area (Å²) in [4.78, 5) is 15.7. The van der Waals surface area contributed by atoms with E-state index in [4.69, 9.17) is 19.9 Å². The third-order valence-corrected chi connectivity index (χ3v) is 4.38. The molecule has 9 heteroatoms. The van der Waals surface area contributed by atoms with E-state index in [1.54, 1.807) is 6.08 Å². The van der Waals surface area contributed by atoms with Gasteiger partial charge in [-0.2, -0.15) is 15.0 Å². The summed E-state index contributed by atoms with van der Waals surface area (Å²) in [7, 11) is 0. The Morgan fingerprint density at radius 3 is 2.56 bits per heavy atom. The number of rotatable bonds is 18. The first-order chi connectivity index (χ1) is 15.8. The second-order valence-electron chi connectivity index (χ2n) is 7.04. The van der Waals surface area contributed by atoms with Crippen LogP contribution in [-0.4, -0.2) is 67.6 Å². The molecule has 0 saturated carbocycles. The van der Waals surface area contributed by atoms with E-state index >= 15 is 0 Å². The van der Waals surface area contributed by atoms with Crippen LogP contribution in [0.25, 0.3) is 0 Å². The number of ether oxygens (including phenoxy) is 3. The lowest BCUT2D eigenvalue weighted by Crippen LogP contribution is -2.27. The van der Waals surface area contributed by atoms with Crippen molar-refractivity contribution in [2.45, 2.75) is 26.3 Å². The minimum Gasteiger partial charge on any atom is -0.459 e. The highest BCUT2D eigenvalue weighted by Gasteiger charge is 2.15. The molecule has 0 aliphatic heterocycles. The van der Waals surface area contributed by atoms with Crippen LogP contribution < -0.4 is 20.7 Å². The maximum Gasteiger partial charge on any atom is 0.323 e. The van der Waals surface area contributed by atoms with Crippen LogP contribution in [0.1, 0.15) is 25.3 Å². The first-order valence-electron chi connectivity index (χ1n) is 11.1. The topological polar surface area (TPSA) is 108 Å². The van der Waals surface area contributed by atoms with Crippen LogP contribution in [0.15, 0.2) is 43.0 Å². The molecule has 0 spiro atoms. The van der Waals surface area contributed by atoms with Crippen LogP contribution in [0.4, 0.5) is 11.9 Å². The van der Waals surface area contributed by atoms with E-state index in [0.29, 0.717) is 64.6 Å². The quantitative estimate of drug-likeness (QED) is 0.265. The molecule has 3 N–H and O–H groups in total. The lowest BCUT2D eigenvalue weighted by molar-refractivity contribution is 0.0547. The zero-order chi connectivity index (χ0) is 22.9. The fourth-order valence-electron chi connectivity index (χ4n) is 2.81. The highest BCUT2D eigenvalue weighted by molar-refractivity contribution is 5.39. The number of nitrogens with one attached hydrogen (secondary N) is 1. The normalized spacial score (nSPS) is 10.7. The molecule has 0 unspecified atom stereocenters. The first-order valence-corrected chi connectivity index (χ1v) is 11.1. The van der Waals surface area contributed by atoms with Crippen molar-refractivity contribution >= 4 is 11.9 Å². The van der Waals surface area contributed by atoms with Gasteiger partial charge in [-0.3, -0.25) is 0 Å². The smallest absolute Gasteiger partial charge is 0.323 e. The molecule has 0 fully saturated rings. The van der Waals surface area contributed by atoms with Crippen molar-refractivity contribution in [3.63, 3.8) is 0 Å². The highest BCUT2D eigenvalue weighted by atomic mass is 16.5. The lowest BCUT2D eigenvalue weighted by atomic mass is 10.2. The molecule has 1 aromatic carbocycles. The monoisotopic (exact) mass is 444 g/mol. The number of nitrogens with zero attached hydrogens (tertiary/aromatic N) is 4. The summed E-state index contributed by atoms with van der Waals surface area (Å²) in [6, 6.07) is 10.5. The molecule has 32 heavy (non-hydrogen) atoms. The predicted molar refractivity (Wildman–Crippen MR) is 127 cm³/mol. The molecule has 0 atom stereocenters. The number of aromatic nitrogens is 3. The van der Waals surface area contributed by atoms with E-state index in [1.807, 2.05) is 18.2 Å². The van der Waals surface area contributed by atoms with Gasteiger partial charge in [0.1, 0.15) is 6.61 Å². The summed E-state index contributed by atoms with van der Waals surface area (Å²) in [5, 5.41) is 3.20.